The summed E-state index contributed by atoms with van der Waals surface area (Å²) in [4.78, 5) is 0. The molecule has 5 nitrogen and oxygen atoms in total. The topological polar surface area (TPSA) is 54.5 Å². The number of fused-ring (bicyclic) bond motifs is 6. The second-order valence-electron chi connectivity index (χ2n) is 9.61. The Kier molecular flexibility index (Phi) is 7.78. The van der Waals surface area contributed by atoms with Crippen molar-refractivity contribution in [3.05, 3.63) is 0 Å². The Morgan fingerprint density at radius 1 is 0.828 bits per heavy atom. The van der Waals surface area contributed by atoms with E-state index in [1.807, 2.05) is 0 Å². The summed E-state index contributed by atoms with van der Waals surface area (Å²) >= 11 is 0. The zero-order valence-corrected chi connectivity index (χ0v) is 17.8. The van der Waals surface area contributed by atoms with E-state index in [1.165, 1.54) is 0 Å². The Balaban J connectivity index is 1.47. The molecule has 0 spiro atoms. The molecule has 9 atom stereocenters. The highest BCUT2D eigenvalue weighted by molar-refractivity contribution is 4.94. The molecule has 0 radical (unpaired) electrons. The minimum atomic E-state index is -0.893. The lowest BCUT2D eigenvalue weighted by molar-refractivity contribution is -0.0787. The van der Waals surface area contributed by atoms with Crippen LogP contribution in [0.5, 0.6) is 0 Å². The van der Waals surface area contributed by atoms with Crippen LogP contribution in [0.2, 0.25) is 0 Å². The standard InChI is InChI=1S/C22H39F2N3O2/c1-14-5-2-3-10-28-19-11-15(23)8-9-16(19)17-12-21(25-13-18(17)24)26-20-6-4-7-22(27-20)29-14/h14-22,25-27H,2-13H2,1H3/t14-,15?,16?,17?,18?,19?,20?,21?,22?/m1/s1. The van der Waals surface area contributed by atoms with Gasteiger partial charge in [0, 0.05) is 19.6 Å². The van der Waals surface area contributed by atoms with Gasteiger partial charge in [-0.1, -0.05) is 0 Å². The van der Waals surface area contributed by atoms with Gasteiger partial charge in [-0.15, -0.1) is 0 Å². The summed E-state index contributed by atoms with van der Waals surface area (Å²) < 4.78 is 41.4. The molecule has 0 aromatic carbocycles. The number of alkyl halides is 2. The molecule has 0 amide bonds. The quantitative estimate of drug-likeness (QED) is 0.566. The Morgan fingerprint density at radius 2 is 1.72 bits per heavy atom. The molecule has 8 unspecified atom stereocenters. The lowest BCUT2D eigenvalue weighted by atomic mass is 9.72. The van der Waals surface area contributed by atoms with Crippen LogP contribution in [-0.2, 0) is 9.47 Å². The Morgan fingerprint density at radius 3 is 2.62 bits per heavy atom. The molecule has 3 heterocycles. The summed E-state index contributed by atoms with van der Waals surface area (Å²) in [5.74, 6) is 0.0421. The Hall–Kier alpha value is -0.340. The Bertz CT molecular complexity index is 514. The molecule has 1 saturated carbocycles. The first-order valence-corrected chi connectivity index (χ1v) is 11.9. The van der Waals surface area contributed by atoms with E-state index in [9.17, 15) is 8.78 Å². The Labute approximate surface area is 174 Å². The number of piperidine rings is 2. The summed E-state index contributed by atoms with van der Waals surface area (Å²) in [6, 6.07) is 0. The molecular formula is C22H39F2N3O2. The van der Waals surface area contributed by atoms with Gasteiger partial charge in [0.05, 0.1) is 24.5 Å². The smallest absolute Gasteiger partial charge is 0.116 e. The van der Waals surface area contributed by atoms with Gasteiger partial charge in [-0.05, 0) is 76.5 Å². The van der Waals surface area contributed by atoms with Crippen LogP contribution in [0.25, 0.3) is 0 Å². The van der Waals surface area contributed by atoms with Gasteiger partial charge in [0.25, 0.3) is 0 Å². The number of halogens is 2. The fourth-order valence-corrected chi connectivity index (χ4v) is 5.76. The van der Waals surface area contributed by atoms with Gasteiger partial charge >= 0.3 is 0 Å². The van der Waals surface area contributed by atoms with Gasteiger partial charge < -0.3 is 9.47 Å². The van der Waals surface area contributed by atoms with E-state index in [2.05, 4.69) is 22.9 Å². The number of ether oxygens (including phenoxy) is 2. The summed E-state index contributed by atoms with van der Waals surface area (Å²) in [5, 5.41) is 10.6. The highest BCUT2D eigenvalue weighted by atomic mass is 19.1. The summed E-state index contributed by atoms with van der Waals surface area (Å²) in [7, 11) is 0. The number of hydrogen-bond donors (Lipinski definition) is 3. The molecule has 0 aromatic rings. The maximum absolute atomic E-state index is 14.9. The highest BCUT2D eigenvalue weighted by Crippen LogP contribution is 2.39. The van der Waals surface area contributed by atoms with Gasteiger partial charge in [-0.2, -0.15) is 0 Å². The van der Waals surface area contributed by atoms with E-state index in [-0.39, 0.29) is 42.6 Å². The molecule has 3 saturated heterocycles. The van der Waals surface area contributed by atoms with Crippen molar-refractivity contribution in [2.75, 3.05) is 13.2 Å². The van der Waals surface area contributed by atoms with Crippen molar-refractivity contribution in [3.8, 4) is 0 Å². The van der Waals surface area contributed by atoms with Gasteiger partial charge in [-0.25, -0.2) is 8.78 Å². The first-order valence-electron chi connectivity index (χ1n) is 11.9. The molecular weight excluding hydrogens is 376 g/mol. The number of rotatable bonds is 0. The molecule has 29 heavy (non-hydrogen) atoms. The zero-order chi connectivity index (χ0) is 20.2. The second kappa shape index (κ2) is 10.3. The van der Waals surface area contributed by atoms with E-state index >= 15 is 0 Å². The average Bonchev–Trinajstić information content (AvgIpc) is 2.69. The lowest BCUT2D eigenvalue weighted by Crippen LogP contribution is -2.62. The van der Waals surface area contributed by atoms with Crippen LogP contribution in [0, 0.1) is 11.8 Å². The molecule has 3 aliphatic heterocycles. The first-order chi connectivity index (χ1) is 14.1. The summed E-state index contributed by atoms with van der Waals surface area (Å²) in [6.45, 7) is 3.13. The molecule has 4 fully saturated rings. The van der Waals surface area contributed by atoms with E-state index in [1.54, 1.807) is 0 Å². The molecule has 4 rings (SSSR count). The normalized spacial score (nSPS) is 47.9. The molecule has 168 valence electrons. The molecule has 7 heteroatoms. The van der Waals surface area contributed by atoms with Gasteiger partial charge in [0.15, 0.2) is 0 Å². The average molecular weight is 416 g/mol. The lowest BCUT2D eigenvalue weighted by Gasteiger charge is -2.44. The molecule has 3 N–H and O–H groups in total. The minimum Gasteiger partial charge on any atom is -0.378 e. The van der Waals surface area contributed by atoms with Crippen molar-refractivity contribution in [1.29, 1.82) is 0 Å². The minimum absolute atomic E-state index is 0.0670. The molecule has 1 aliphatic carbocycles. The first kappa shape index (κ1) is 21.9. The van der Waals surface area contributed by atoms with E-state index in [0.29, 0.717) is 26.0 Å². The number of nitrogens with one attached hydrogen (secondary N) is 3. The predicted octanol–water partition coefficient (Wildman–Crippen LogP) is 3.39. The van der Waals surface area contributed by atoms with E-state index < -0.39 is 12.3 Å². The monoisotopic (exact) mass is 415 g/mol. The van der Waals surface area contributed by atoms with Crippen LogP contribution in [0.4, 0.5) is 8.78 Å². The molecule has 4 aliphatic rings. The largest absolute Gasteiger partial charge is 0.378 e. The van der Waals surface area contributed by atoms with Crippen molar-refractivity contribution >= 4 is 0 Å². The maximum atomic E-state index is 14.9. The van der Waals surface area contributed by atoms with Crippen LogP contribution in [0.1, 0.15) is 71.1 Å². The van der Waals surface area contributed by atoms with Gasteiger partial charge in [0.1, 0.15) is 18.6 Å². The SMILES string of the molecule is C[C@@H]1CCCCOC2CC(F)CCC2C2CC(NCC2F)NC2CCCC(N2)O1. The third kappa shape index (κ3) is 5.88. The van der Waals surface area contributed by atoms with Crippen LogP contribution in [0.15, 0.2) is 0 Å². The fraction of sp³-hybridized carbons (Fsp3) is 1.00. The van der Waals surface area contributed by atoms with Crippen molar-refractivity contribution in [3.63, 3.8) is 0 Å². The fourth-order valence-electron chi connectivity index (χ4n) is 5.76. The second-order valence-corrected chi connectivity index (χ2v) is 9.61. The van der Waals surface area contributed by atoms with Crippen molar-refractivity contribution in [2.45, 2.75) is 114 Å². The zero-order valence-electron chi connectivity index (χ0n) is 17.8. The third-order valence-corrected chi connectivity index (χ3v) is 7.34. The van der Waals surface area contributed by atoms with Crippen molar-refractivity contribution in [2.24, 2.45) is 11.8 Å². The van der Waals surface area contributed by atoms with E-state index in [0.717, 1.165) is 51.4 Å². The third-order valence-electron chi connectivity index (χ3n) is 7.34. The highest BCUT2D eigenvalue weighted by Gasteiger charge is 2.43. The molecule has 4 bridgehead atoms. The molecule has 0 aromatic heterocycles. The van der Waals surface area contributed by atoms with Crippen LogP contribution in [-0.4, -0.2) is 56.3 Å². The summed E-state index contributed by atoms with van der Waals surface area (Å²) in [5.41, 5.74) is 0. The number of hydrogen-bond acceptors (Lipinski definition) is 5. The van der Waals surface area contributed by atoms with Gasteiger partial charge in [0.2, 0.25) is 0 Å². The van der Waals surface area contributed by atoms with Crippen LogP contribution < -0.4 is 16.0 Å². The van der Waals surface area contributed by atoms with Crippen LogP contribution in [0.3, 0.4) is 0 Å². The predicted molar refractivity (Wildman–Crippen MR) is 109 cm³/mol. The van der Waals surface area contributed by atoms with Crippen molar-refractivity contribution < 1.29 is 18.3 Å². The summed E-state index contributed by atoms with van der Waals surface area (Å²) in [6.07, 6.45) is 7.29. The van der Waals surface area contributed by atoms with Crippen molar-refractivity contribution in [1.82, 2.24) is 16.0 Å². The van der Waals surface area contributed by atoms with Gasteiger partial charge in [-0.3, -0.25) is 16.0 Å². The maximum Gasteiger partial charge on any atom is 0.116 e. The van der Waals surface area contributed by atoms with E-state index in [4.69, 9.17) is 9.47 Å². The van der Waals surface area contributed by atoms with Crippen LogP contribution >= 0.6 is 0 Å².